The quantitative estimate of drug-likeness (QED) is 0.349. The fourth-order valence-electron chi connectivity index (χ4n) is 11.3. The van der Waals surface area contributed by atoms with Crippen LogP contribution in [0.15, 0.2) is 11.6 Å². The van der Waals surface area contributed by atoms with Crippen LogP contribution in [-0.4, -0.2) is 58.8 Å². The van der Waals surface area contributed by atoms with Gasteiger partial charge >= 0.3 is 11.9 Å². The first-order valence-corrected chi connectivity index (χ1v) is 14.6. The highest BCUT2D eigenvalue weighted by Gasteiger charge is 2.75. The van der Waals surface area contributed by atoms with E-state index in [-0.39, 0.29) is 46.4 Å². The Labute approximate surface area is 226 Å². The van der Waals surface area contributed by atoms with Crippen LogP contribution in [0.5, 0.6) is 0 Å². The van der Waals surface area contributed by atoms with Crippen LogP contribution in [-0.2, 0) is 19.1 Å². The Kier molecular flexibility index (Phi) is 5.38. The smallest absolute Gasteiger partial charge is 0.315 e. The summed E-state index contributed by atoms with van der Waals surface area (Å²) < 4.78 is 11.1. The largest absolute Gasteiger partial charge is 0.468 e. The van der Waals surface area contributed by atoms with E-state index in [4.69, 9.17) is 9.47 Å². The Balaban J connectivity index is 1.48. The van der Waals surface area contributed by atoms with Crippen molar-refractivity contribution in [1.82, 2.24) is 0 Å². The zero-order valence-corrected chi connectivity index (χ0v) is 24.0. The molecule has 0 aromatic heterocycles. The van der Waals surface area contributed by atoms with E-state index in [9.17, 15) is 24.9 Å². The number of aliphatic hydroxyl groups is 3. The van der Waals surface area contributed by atoms with Gasteiger partial charge in [-0.05, 0) is 91.3 Å². The van der Waals surface area contributed by atoms with Gasteiger partial charge in [0.25, 0.3) is 0 Å². The number of allylic oxidation sites excluding steroid dienone is 2. The third-order valence-electron chi connectivity index (χ3n) is 13.7. The summed E-state index contributed by atoms with van der Waals surface area (Å²) in [5.74, 6) is -0.621. The van der Waals surface area contributed by atoms with E-state index in [1.165, 1.54) is 12.7 Å². The number of rotatable bonds is 1. The van der Waals surface area contributed by atoms with Crippen molar-refractivity contribution in [2.24, 2.45) is 50.2 Å². The number of hydrogen-bond donors (Lipinski definition) is 3. The molecule has 12 atom stereocenters. The molecule has 212 valence electrons. The van der Waals surface area contributed by atoms with Crippen molar-refractivity contribution in [3.8, 4) is 0 Å². The SMILES string of the molecule is COC(=O)[C@]12C[C@H](O)C(C)(C)C[C@H]1C1=CC[C@@H]3[C@@]4(C)C[C@@H]5OC(=O)[C@](C)([C@@H]4CC[C@@]3(C)[C@]1(C)C[C@H]2O)[C@H]5O. The fourth-order valence-corrected chi connectivity index (χ4v) is 11.3. The van der Waals surface area contributed by atoms with Gasteiger partial charge in [0.15, 0.2) is 0 Å². The number of carbonyl (C=O) groups is 2. The van der Waals surface area contributed by atoms with E-state index < -0.39 is 46.6 Å². The van der Waals surface area contributed by atoms with Crippen molar-refractivity contribution in [2.45, 2.75) is 111 Å². The minimum atomic E-state index is -1.15. The number of esters is 2. The van der Waals surface area contributed by atoms with Gasteiger partial charge in [0, 0.05) is 0 Å². The second-order valence-corrected chi connectivity index (χ2v) is 15.4. The van der Waals surface area contributed by atoms with E-state index in [0.29, 0.717) is 19.3 Å². The molecule has 0 spiro atoms. The molecule has 1 saturated heterocycles. The number of carbonyl (C=O) groups excluding carboxylic acids is 2. The number of hydrogen-bond acceptors (Lipinski definition) is 7. The molecule has 0 aromatic carbocycles. The highest BCUT2D eigenvalue weighted by molar-refractivity contribution is 5.81. The second kappa shape index (κ2) is 7.64. The lowest BCUT2D eigenvalue weighted by atomic mass is 9.33. The van der Waals surface area contributed by atoms with Crippen molar-refractivity contribution in [1.29, 1.82) is 0 Å². The maximum atomic E-state index is 13.5. The van der Waals surface area contributed by atoms with Crippen molar-refractivity contribution in [3.05, 3.63) is 11.6 Å². The molecule has 3 N–H and O–H groups in total. The Hall–Kier alpha value is -1.44. The standard InChI is InChI=1S/C31H46O7/c1-26(2)12-17-16-8-9-19-27(3)13-18-23(34)30(6,24(35)38-18)20(27)10-11-28(19,4)29(16,5)14-22(33)31(17,15-21(26)32)25(36)37-7/h8,17-23,32-34H,9-15H2,1-7H3/t17-,18-,19+,20+,21-,22+,23-,27+,28+,29+,30+,31+/m0/s1. The van der Waals surface area contributed by atoms with Gasteiger partial charge in [-0.3, -0.25) is 9.59 Å². The third-order valence-corrected chi connectivity index (χ3v) is 13.7. The Bertz CT molecular complexity index is 1110. The molecule has 2 bridgehead atoms. The predicted octanol–water partition coefficient (Wildman–Crippen LogP) is 3.78. The minimum absolute atomic E-state index is 0.0271. The zero-order chi connectivity index (χ0) is 27.8. The van der Waals surface area contributed by atoms with Crippen LogP contribution in [0.2, 0.25) is 0 Å². The summed E-state index contributed by atoms with van der Waals surface area (Å²) >= 11 is 0. The first kappa shape index (κ1) is 26.8. The second-order valence-electron chi connectivity index (χ2n) is 15.4. The van der Waals surface area contributed by atoms with Crippen LogP contribution in [0.4, 0.5) is 0 Å². The molecule has 38 heavy (non-hydrogen) atoms. The number of aliphatic hydroxyl groups excluding tert-OH is 3. The molecule has 6 rings (SSSR count). The van der Waals surface area contributed by atoms with Gasteiger partial charge < -0.3 is 24.8 Å². The summed E-state index contributed by atoms with van der Waals surface area (Å²) in [7, 11) is 1.38. The van der Waals surface area contributed by atoms with Crippen LogP contribution < -0.4 is 0 Å². The fraction of sp³-hybridized carbons (Fsp3) is 0.871. The van der Waals surface area contributed by atoms with E-state index in [0.717, 1.165) is 19.3 Å². The number of fused-ring (bicyclic) bond motifs is 10. The topological polar surface area (TPSA) is 113 Å². The highest BCUT2D eigenvalue weighted by Crippen LogP contribution is 2.76. The predicted molar refractivity (Wildman–Crippen MR) is 139 cm³/mol. The van der Waals surface area contributed by atoms with Crippen LogP contribution in [0.3, 0.4) is 0 Å². The van der Waals surface area contributed by atoms with Crippen LogP contribution >= 0.6 is 0 Å². The average molecular weight is 531 g/mol. The molecular formula is C31H46O7. The van der Waals surface area contributed by atoms with E-state index >= 15 is 0 Å². The Morgan fingerprint density at radius 3 is 2.32 bits per heavy atom. The van der Waals surface area contributed by atoms with Crippen molar-refractivity contribution in [3.63, 3.8) is 0 Å². The summed E-state index contributed by atoms with van der Waals surface area (Å²) in [5, 5.41) is 34.1. The van der Waals surface area contributed by atoms with Crippen LogP contribution in [0.25, 0.3) is 0 Å². The Morgan fingerprint density at radius 2 is 1.66 bits per heavy atom. The van der Waals surface area contributed by atoms with Crippen LogP contribution in [0, 0.1) is 50.2 Å². The van der Waals surface area contributed by atoms with E-state index in [1.807, 2.05) is 6.92 Å². The molecule has 0 unspecified atom stereocenters. The lowest BCUT2D eigenvalue weighted by Gasteiger charge is -2.71. The van der Waals surface area contributed by atoms with Gasteiger partial charge in [-0.25, -0.2) is 0 Å². The molecule has 4 saturated carbocycles. The maximum absolute atomic E-state index is 13.5. The molecular weight excluding hydrogens is 484 g/mol. The van der Waals surface area contributed by atoms with Gasteiger partial charge in [0.2, 0.25) is 0 Å². The lowest BCUT2D eigenvalue weighted by molar-refractivity contribution is -0.224. The molecule has 6 aliphatic rings. The first-order chi connectivity index (χ1) is 17.5. The maximum Gasteiger partial charge on any atom is 0.315 e. The monoisotopic (exact) mass is 530 g/mol. The van der Waals surface area contributed by atoms with Gasteiger partial charge in [-0.15, -0.1) is 0 Å². The lowest BCUT2D eigenvalue weighted by Crippen LogP contribution is -2.69. The van der Waals surface area contributed by atoms with Crippen molar-refractivity contribution >= 4 is 11.9 Å². The molecule has 0 aromatic rings. The van der Waals surface area contributed by atoms with E-state index in [1.54, 1.807) is 0 Å². The summed E-state index contributed by atoms with van der Waals surface area (Å²) in [5.41, 5.74) is -1.93. The molecule has 5 aliphatic carbocycles. The Morgan fingerprint density at radius 1 is 0.974 bits per heavy atom. The summed E-state index contributed by atoms with van der Waals surface area (Å²) in [6.45, 7) is 13.0. The van der Waals surface area contributed by atoms with E-state index in [2.05, 4.69) is 40.7 Å². The molecule has 7 nitrogen and oxygen atoms in total. The van der Waals surface area contributed by atoms with Gasteiger partial charge in [0.05, 0.1) is 24.7 Å². The van der Waals surface area contributed by atoms with Crippen LogP contribution in [0.1, 0.15) is 86.5 Å². The molecule has 7 heteroatoms. The molecule has 5 fully saturated rings. The number of methoxy groups -OCH3 is 1. The zero-order valence-electron chi connectivity index (χ0n) is 24.0. The molecule has 0 amide bonds. The first-order valence-electron chi connectivity index (χ1n) is 14.6. The van der Waals surface area contributed by atoms with Gasteiger partial charge in [-0.1, -0.05) is 46.3 Å². The van der Waals surface area contributed by atoms with Gasteiger partial charge in [-0.2, -0.15) is 0 Å². The highest BCUT2D eigenvalue weighted by atomic mass is 16.6. The van der Waals surface area contributed by atoms with Crippen molar-refractivity contribution < 1.29 is 34.4 Å². The molecule has 1 aliphatic heterocycles. The molecule has 0 radical (unpaired) electrons. The summed E-state index contributed by atoms with van der Waals surface area (Å²) in [6.07, 6.45) is 3.88. The average Bonchev–Trinajstić information content (AvgIpc) is 2.98. The minimum Gasteiger partial charge on any atom is -0.468 e. The third kappa shape index (κ3) is 2.77. The van der Waals surface area contributed by atoms with Crippen molar-refractivity contribution in [2.75, 3.05) is 7.11 Å². The summed E-state index contributed by atoms with van der Waals surface area (Å²) in [4.78, 5) is 26.5. The number of ether oxygens (including phenoxy) is 2. The summed E-state index contributed by atoms with van der Waals surface area (Å²) in [6, 6.07) is 0. The molecule has 1 heterocycles. The van der Waals surface area contributed by atoms with Gasteiger partial charge in [0.1, 0.15) is 17.6 Å². The normalized spacial score (nSPS) is 56.4.